The first-order valence-corrected chi connectivity index (χ1v) is 7.16. The van der Waals surface area contributed by atoms with E-state index in [4.69, 9.17) is 4.74 Å². The van der Waals surface area contributed by atoms with Gasteiger partial charge in [0, 0.05) is 13.1 Å². The number of carbonyl (C=O) groups excluding carboxylic acids is 1. The number of aromatic nitrogens is 1. The van der Waals surface area contributed by atoms with Gasteiger partial charge >= 0.3 is 0 Å². The summed E-state index contributed by atoms with van der Waals surface area (Å²) in [6.07, 6.45) is 3.69. The van der Waals surface area contributed by atoms with Crippen LogP contribution in [-0.4, -0.2) is 49.8 Å². The number of anilines is 2. The van der Waals surface area contributed by atoms with E-state index >= 15 is 0 Å². The van der Waals surface area contributed by atoms with Gasteiger partial charge in [0.15, 0.2) is 0 Å². The molecule has 3 rings (SSSR count). The van der Waals surface area contributed by atoms with E-state index in [1.807, 2.05) is 12.1 Å². The number of rotatable bonds is 3. The number of nitrogens with one attached hydrogen (secondary N) is 2. The Labute approximate surface area is 118 Å². The van der Waals surface area contributed by atoms with E-state index in [2.05, 4.69) is 20.5 Å². The molecule has 0 spiro atoms. The molecule has 2 saturated heterocycles. The Balaban J connectivity index is 1.59. The topological polar surface area (TPSA) is 66.5 Å². The predicted octanol–water partition coefficient (Wildman–Crippen LogP) is 0.609. The molecule has 2 N–H and O–H groups in total. The van der Waals surface area contributed by atoms with Crippen LogP contribution in [-0.2, 0) is 9.53 Å². The van der Waals surface area contributed by atoms with Gasteiger partial charge in [-0.15, -0.1) is 0 Å². The molecule has 1 aromatic rings. The molecular formula is C14H20N4O2. The van der Waals surface area contributed by atoms with Gasteiger partial charge in [-0.05, 0) is 31.5 Å². The van der Waals surface area contributed by atoms with E-state index in [0.29, 0.717) is 0 Å². The summed E-state index contributed by atoms with van der Waals surface area (Å²) < 4.78 is 5.32. The van der Waals surface area contributed by atoms with Crippen molar-refractivity contribution in [2.45, 2.75) is 18.9 Å². The minimum atomic E-state index is -0.0612. The first kappa shape index (κ1) is 13.3. The van der Waals surface area contributed by atoms with Crippen molar-refractivity contribution in [3.8, 4) is 0 Å². The van der Waals surface area contributed by atoms with Crippen molar-refractivity contribution in [1.29, 1.82) is 0 Å². The Hall–Kier alpha value is -1.66. The Morgan fingerprint density at radius 1 is 1.40 bits per heavy atom. The molecule has 2 aliphatic rings. The molecule has 1 amide bonds. The minimum Gasteiger partial charge on any atom is -0.378 e. The molecule has 0 aromatic carbocycles. The maximum absolute atomic E-state index is 12.0. The summed E-state index contributed by atoms with van der Waals surface area (Å²) in [5, 5.41) is 6.09. The van der Waals surface area contributed by atoms with Gasteiger partial charge in [0.1, 0.15) is 5.82 Å². The van der Waals surface area contributed by atoms with Crippen molar-refractivity contribution >= 4 is 17.4 Å². The van der Waals surface area contributed by atoms with Crippen molar-refractivity contribution < 1.29 is 9.53 Å². The number of hydrogen-bond donors (Lipinski definition) is 2. The first-order chi connectivity index (χ1) is 9.83. The van der Waals surface area contributed by atoms with E-state index in [0.717, 1.165) is 57.2 Å². The Morgan fingerprint density at radius 3 is 2.90 bits per heavy atom. The zero-order chi connectivity index (χ0) is 13.8. The number of amides is 1. The van der Waals surface area contributed by atoms with Crippen LogP contribution < -0.4 is 15.5 Å². The van der Waals surface area contributed by atoms with Crippen molar-refractivity contribution in [2.75, 3.05) is 43.1 Å². The SMILES string of the molecule is O=C(Nc1ccc(N2CCOCC2)nc1)[C@@H]1CCCN1. The largest absolute Gasteiger partial charge is 0.378 e. The molecule has 1 atom stereocenters. The summed E-state index contributed by atoms with van der Waals surface area (Å²) in [4.78, 5) is 18.6. The zero-order valence-corrected chi connectivity index (χ0v) is 11.5. The van der Waals surface area contributed by atoms with E-state index in [-0.39, 0.29) is 11.9 Å². The van der Waals surface area contributed by atoms with E-state index in [9.17, 15) is 4.79 Å². The maximum atomic E-state index is 12.0. The van der Waals surface area contributed by atoms with Crippen molar-refractivity contribution in [1.82, 2.24) is 10.3 Å². The highest BCUT2D eigenvalue weighted by Gasteiger charge is 2.22. The lowest BCUT2D eigenvalue weighted by Crippen LogP contribution is -2.37. The standard InChI is InChI=1S/C14H20N4O2/c19-14(12-2-1-5-15-12)17-11-3-4-13(16-10-11)18-6-8-20-9-7-18/h3-4,10,12,15H,1-2,5-9H2,(H,17,19)/t12-/m0/s1. The van der Waals surface area contributed by atoms with Crippen LogP contribution in [0.15, 0.2) is 18.3 Å². The fourth-order valence-corrected chi connectivity index (χ4v) is 2.58. The number of pyridine rings is 1. The first-order valence-electron chi connectivity index (χ1n) is 7.16. The molecule has 0 unspecified atom stereocenters. The molecule has 3 heterocycles. The quantitative estimate of drug-likeness (QED) is 0.846. The third-order valence-corrected chi connectivity index (χ3v) is 3.73. The Bertz CT molecular complexity index is 451. The van der Waals surface area contributed by atoms with Gasteiger partial charge in [0.2, 0.25) is 5.91 Å². The van der Waals surface area contributed by atoms with Gasteiger partial charge in [-0.2, -0.15) is 0 Å². The highest BCUT2D eigenvalue weighted by Crippen LogP contribution is 2.16. The van der Waals surface area contributed by atoms with Crippen LogP contribution in [0.25, 0.3) is 0 Å². The molecule has 20 heavy (non-hydrogen) atoms. The van der Waals surface area contributed by atoms with Crippen molar-refractivity contribution in [3.05, 3.63) is 18.3 Å². The molecule has 6 nitrogen and oxygen atoms in total. The fraction of sp³-hybridized carbons (Fsp3) is 0.571. The van der Waals surface area contributed by atoms with E-state index in [1.54, 1.807) is 6.20 Å². The van der Waals surface area contributed by atoms with Crippen LogP contribution in [0.4, 0.5) is 11.5 Å². The summed E-state index contributed by atoms with van der Waals surface area (Å²) in [7, 11) is 0. The van der Waals surface area contributed by atoms with Gasteiger partial charge in [0.25, 0.3) is 0 Å². The lowest BCUT2D eigenvalue weighted by atomic mass is 10.2. The fourth-order valence-electron chi connectivity index (χ4n) is 2.58. The molecule has 2 fully saturated rings. The smallest absolute Gasteiger partial charge is 0.241 e. The summed E-state index contributed by atoms with van der Waals surface area (Å²) in [6, 6.07) is 3.79. The average molecular weight is 276 g/mol. The molecule has 2 aliphatic heterocycles. The van der Waals surface area contributed by atoms with Gasteiger partial charge in [0.05, 0.1) is 31.1 Å². The lowest BCUT2D eigenvalue weighted by molar-refractivity contribution is -0.117. The summed E-state index contributed by atoms with van der Waals surface area (Å²) in [6.45, 7) is 4.14. The normalized spacial score (nSPS) is 22.8. The highest BCUT2D eigenvalue weighted by atomic mass is 16.5. The molecule has 108 valence electrons. The van der Waals surface area contributed by atoms with Crippen LogP contribution >= 0.6 is 0 Å². The van der Waals surface area contributed by atoms with Crippen LogP contribution in [0, 0.1) is 0 Å². The van der Waals surface area contributed by atoms with Crippen LogP contribution in [0.5, 0.6) is 0 Å². The monoisotopic (exact) mass is 276 g/mol. The van der Waals surface area contributed by atoms with E-state index in [1.165, 1.54) is 0 Å². The number of nitrogens with zero attached hydrogens (tertiary/aromatic N) is 2. The second-order valence-corrected chi connectivity index (χ2v) is 5.14. The van der Waals surface area contributed by atoms with Gasteiger partial charge in [-0.3, -0.25) is 4.79 Å². The van der Waals surface area contributed by atoms with Crippen LogP contribution in [0.2, 0.25) is 0 Å². The number of ether oxygens (including phenoxy) is 1. The molecule has 6 heteroatoms. The lowest BCUT2D eigenvalue weighted by Gasteiger charge is -2.27. The average Bonchev–Trinajstić information content (AvgIpc) is 3.03. The van der Waals surface area contributed by atoms with Crippen LogP contribution in [0.1, 0.15) is 12.8 Å². The molecule has 0 bridgehead atoms. The number of hydrogen-bond acceptors (Lipinski definition) is 5. The second-order valence-electron chi connectivity index (χ2n) is 5.14. The van der Waals surface area contributed by atoms with Crippen molar-refractivity contribution in [2.24, 2.45) is 0 Å². The summed E-state index contributed by atoms with van der Waals surface area (Å²) in [5.74, 6) is 0.966. The molecule has 0 saturated carbocycles. The van der Waals surface area contributed by atoms with Gasteiger partial charge in [-0.25, -0.2) is 4.98 Å². The Kier molecular flexibility index (Phi) is 4.13. The molecule has 0 radical (unpaired) electrons. The third kappa shape index (κ3) is 3.08. The minimum absolute atomic E-state index is 0.0309. The van der Waals surface area contributed by atoms with E-state index < -0.39 is 0 Å². The van der Waals surface area contributed by atoms with Gasteiger partial charge in [-0.1, -0.05) is 0 Å². The van der Waals surface area contributed by atoms with Gasteiger partial charge < -0.3 is 20.3 Å². The number of carbonyl (C=O) groups is 1. The summed E-state index contributed by atoms with van der Waals surface area (Å²) in [5.41, 5.74) is 0.751. The predicted molar refractivity (Wildman–Crippen MR) is 76.9 cm³/mol. The van der Waals surface area contributed by atoms with Crippen LogP contribution in [0.3, 0.4) is 0 Å². The number of morpholine rings is 1. The molecular weight excluding hydrogens is 256 g/mol. The molecule has 1 aromatic heterocycles. The third-order valence-electron chi connectivity index (χ3n) is 3.73. The molecule has 0 aliphatic carbocycles. The highest BCUT2D eigenvalue weighted by molar-refractivity contribution is 5.94. The van der Waals surface area contributed by atoms with Crippen molar-refractivity contribution in [3.63, 3.8) is 0 Å². The second kappa shape index (κ2) is 6.19. The maximum Gasteiger partial charge on any atom is 0.241 e. The summed E-state index contributed by atoms with van der Waals surface area (Å²) >= 11 is 0. The zero-order valence-electron chi connectivity index (χ0n) is 11.5. The Morgan fingerprint density at radius 2 is 2.25 bits per heavy atom.